The van der Waals surface area contributed by atoms with Crippen LogP contribution in [0, 0.1) is 26.2 Å². The number of amides is 2. The highest BCUT2D eigenvalue weighted by Gasteiger charge is 2.09. The van der Waals surface area contributed by atoms with Crippen molar-refractivity contribution >= 4 is 23.7 Å². The molecule has 2 aromatic rings. The number of anilines is 1. The van der Waals surface area contributed by atoms with Crippen molar-refractivity contribution in [1.82, 2.24) is 5.43 Å². The average Bonchev–Trinajstić information content (AvgIpc) is 2.74. The first kappa shape index (κ1) is 23.5. The minimum atomic E-state index is -0.355. The lowest BCUT2D eigenvalue weighted by atomic mass is 10.1. The van der Waals surface area contributed by atoms with Crippen molar-refractivity contribution in [3.63, 3.8) is 0 Å². The summed E-state index contributed by atoms with van der Waals surface area (Å²) in [5, 5.41) is 6.77. The number of rotatable bonds is 10. The van der Waals surface area contributed by atoms with Crippen molar-refractivity contribution in [2.24, 2.45) is 5.10 Å². The van der Waals surface area contributed by atoms with Crippen molar-refractivity contribution in [2.45, 2.75) is 33.6 Å². The Bertz CT molecular complexity index is 993. The number of nitrogens with one attached hydrogen (secondary N) is 2. The zero-order chi connectivity index (χ0) is 22.6. The number of ether oxygens (including phenoxy) is 2. The molecule has 2 N–H and O–H groups in total. The molecule has 0 saturated heterocycles. The topological polar surface area (TPSA) is 89.0 Å². The highest BCUT2D eigenvalue weighted by atomic mass is 16.5. The van der Waals surface area contributed by atoms with Crippen molar-refractivity contribution in [3.05, 3.63) is 53.1 Å². The van der Waals surface area contributed by atoms with Crippen LogP contribution in [0.4, 0.5) is 5.69 Å². The van der Waals surface area contributed by atoms with Gasteiger partial charge >= 0.3 is 0 Å². The largest absolute Gasteiger partial charge is 0.490 e. The molecule has 0 aliphatic carbocycles. The van der Waals surface area contributed by atoms with Gasteiger partial charge in [-0.05, 0) is 61.7 Å². The standard InChI is InChI=1S/C24H27N3O4/c1-5-13-31-21-10-9-19(15-22(21)30-6-2)16-25-27-24(29)12-11-23(28)26-20-14-17(3)7-8-18(20)4/h1,7-10,14-16H,6,11-13H2,2-4H3,(H,26,28)(H,27,29). The second-order valence-electron chi connectivity index (χ2n) is 6.79. The summed E-state index contributed by atoms with van der Waals surface area (Å²) in [7, 11) is 0. The lowest BCUT2D eigenvalue weighted by Gasteiger charge is -2.10. The van der Waals surface area contributed by atoms with Gasteiger partial charge in [-0.2, -0.15) is 5.10 Å². The van der Waals surface area contributed by atoms with Gasteiger partial charge in [0.05, 0.1) is 12.8 Å². The molecule has 7 nitrogen and oxygen atoms in total. The first-order valence-electron chi connectivity index (χ1n) is 9.95. The van der Waals surface area contributed by atoms with Crippen LogP contribution in [0.5, 0.6) is 11.5 Å². The van der Waals surface area contributed by atoms with E-state index in [0.29, 0.717) is 23.7 Å². The van der Waals surface area contributed by atoms with E-state index in [1.807, 2.05) is 39.0 Å². The number of carbonyl (C=O) groups is 2. The smallest absolute Gasteiger partial charge is 0.240 e. The second kappa shape index (κ2) is 12.0. The lowest BCUT2D eigenvalue weighted by molar-refractivity contribution is -0.124. The van der Waals surface area contributed by atoms with Gasteiger partial charge in [-0.25, -0.2) is 5.43 Å². The Hall–Kier alpha value is -3.79. The summed E-state index contributed by atoms with van der Waals surface area (Å²) in [4.78, 5) is 24.1. The van der Waals surface area contributed by atoms with Crippen LogP contribution in [-0.4, -0.2) is 31.2 Å². The van der Waals surface area contributed by atoms with E-state index in [1.165, 1.54) is 6.21 Å². The third kappa shape index (κ3) is 7.86. The van der Waals surface area contributed by atoms with Crippen LogP contribution in [0.15, 0.2) is 41.5 Å². The number of nitrogens with zero attached hydrogens (tertiary/aromatic N) is 1. The van der Waals surface area contributed by atoms with Crippen molar-refractivity contribution < 1.29 is 19.1 Å². The molecule has 0 spiro atoms. The fraction of sp³-hybridized carbons (Fsp3) is 0.292. The van der Waals surface area contributed by atoms with Crippen LogP contribution < -0.4 is 20.2 Å². The summed E-state index contributed by atoms with van der Waals surface area (Å²) in [5.41, 5.74) is 5.91. The Kier molecular flexibility index (Phi) is 9.12. The third-order valence-electron chi connectivity index (χ3n) is 4.23. The van der Waals surface area contributed by atoms with E-state index in [1.54, 1.807) is 18.2 Å². The number of aryl methyl sites for hydroxylation is 2. The van der Waals surface area contributed by atoms with Crippen LogP contribution in [-0.2, 0) is 9.59 Å². The molecule has 0 aliphatic heterocycles. The van der Waals surface area contributed by atoms with Gasteiger partial charge in [-0.3, -0.25) is 9.59 Å². The van der Waals surface area contributed by atoms with Crippen LogP contribution in [0.25, 0.3) is 0 Å². The van der Waals surface area contributed by atoms with Crippen LogP contribution >= 0.6 is 0 Å². The molecule has 0 radical (unpaired) electrons. The molecule has 0 unspecified atom stereocenters. The maximum Gasteiger partial charge on any atom is 0.240 e. The molecular weight excluding hydrogens is 394 g/mol. The monoisotopic (exact) mass is 421 g/mol. The second-order valence-corrected chi connectivity index (χ2v) is 6.79. The molecule has 0 fully saturated rings. The summed E-state index contributed by atoms with van der Waals surface area (Å²) in [6, 6.07) is 11.0. The molecule has 0 atom stereocenters. The summed E-state index contributed by atoms with van der Waals surface area (Å²) < 4.78 is 11.0. The molecule has 162 valence electrons. The molecule has 0 heterocycles. The Labute approximate surface area is 182 Å². The summed E-state index contributed by atoms with van der Waals surface area (Å²) >= 11 is 0. The van der Waals surface area contributed by atoms with Crippen LogP contribution in [0.3, 0.4) is 0 Å². The van der Waals surface area contributed by atoms with Gasteiger partial charge in [0.15, 0.2) is 11.5 Å². The maximum absolute atomic E-state index is 12.1. The fourth-order valence-electron chi connectivity index (χ4n) is 2.66. The van der Waals surface area contributed by atoms with Crippen molar-refractivity contribution in [3.8, 4) is 23.8 Å². The van der Waals surface area contributed by atoms with Gasteiger partial charge in [0.1, 0.15) is 6.61 Å². The Morgan fingerprint density at radius 3 is 2.58 bits per heavy atom. The summed E-state index contributed by atoms with van der Waals surface area (Å²) in [6.45, 7) is 6.34. The highest BCUT2D eigenvalue weighted by molar-refractivity contribution is 5.94. The molecule has 2 amide bonds. The first-order chi connectivity index (χ1) is 14.9. The van der Waals surface area contributed by atoms with Crippen LogP contribution in [0.2, 0.25) is 0 Å². The summed E-state index contributed by atoms with van der Waals surface area (Å²) in [5.74, 6) is 2.90. The molecule has 2 rings (SSSR count). The maximum atomic E-state index is 12.1. The normalized spacial score (nSPS) is 10.4. The van der Waals surface area contributed by atoms with E-state index in [2.05, 4.69) is 21.8 Å². The van der Waals surface area contributed by atoms with E-state index in [4.69, 9.17) is 15.9 Å². The van der Waals surface area contributed by atoms with Gasteiger partial charge < -0.3 is 14.8 Å². The van der Waals surface area contributed by atoms with Crippen LogP contribution in [0.1, 0.15) is 36.5 Å². The number of carbonyl (C=O) groups excluding carboxylic acids is 2. The van der Waals surface area contributed by atoms with Gasteiger partial charge in [0.25, 0.3) is 0 Å². The molecule has 0 bridgehead atoms. The van der Waals surface area contributed by atoms with Crippen molar-refractivity contribution in [1.29, 1.82) is 0 Å². The average molecular weight is 421 g/mol. The lowest BCUT2D eigenvalue weighted by Crippen LogP contribution is -2.21. The van der Waals surface area contributed by atoms with Gasteiger partial charge in [-0.15, -0.1) is 6.42 Å². The predicted molar refractivity (Wildman–Crippen MR) is 121 cm³/mol. The SMILES string of the molecule is C#CCOc1ccc(C=NNC(=O)CCC(=O)Nc2cc(C)ccc2C)cc1OCC. The fourth-order valence-corrected chi connectivity index (χ4v) is 2.66. The quantitative estimate of drug-likeness (QED) is 0.349. The van der Waals surface area contributed by atoms with E-state index < -0.39 is 0 Å². The zero-order valence-electron chi connectivity index (χ0n) is 18.0. The molecule has 0 aromatic heterocycles. The number of hydrogen-bond donors (Lipinski definition) is 2. The zero-order valence-corrected chi connectivity index (χ0v) is 18.0. The molecule has 0 aliphatic rings. The molecule has 0 saturated carbocycles. The van der Waals surface area contributed by atoms with E-state index >= 15 is 0 Å². The first-order valence-corrected chi connectivity index (χ1v) is 9.95. The Balaban J connectivity index is 1.85. The minimum Gasteiger partial charge on any atom is -0.490 e. The van der Waals surface area contributed by atoms with E-state index in [-0.39, 0.29) is 31.3 Å². The van der Waals surface area contributed by atoms with Gasteiger partial charge in [0.2, 0.25) is 11.8 Å². The Morgan fingerprint density at radius 1 is 1.06 bits per heavy atom. The van der Waals surface area contributed by atoms with E-state index in [9.17, 15) is 9.59 Å². The number of hydrazone groups is 1. The van der Waals surface area contributed by atoms with Gasteiger partial charge in [0, 0.05) is 18.5 Å². The minimum absolute atomic E-state index is 0.0249. The molecular formula is C24H27N3O4. The Morgan fingerprint density at radius 2 is 1.84 bits per heavy atom. The van der Waals surface area contributed by atoms with Crippen molar-refractivity contribution in [2.75, 3.05) is 18.5 Å². The predicted octanol–water partition coefficient (Wildman–Crippen LogP) is 3.58. The number of terminal acetylenes is 1. The number of benzene rings is 2. The third-order valence-corrected chi connectivity index (χ3v) is 4.23. The molecule has 31 heavy (non-hydrogen) atoms. The van der Waals surface area contributed by atoms with E-state index in [0.717, 1.165) is 16.8 Å². The summed E-state index contributed by atoms with van der Waals surface area (Å²) in [6.07, 6.45) is 6.79. The highest BCUT2D eigenvalue weighted by Crippen LogP contribution is 2.28. The molecule has 2 aromatic carbocycles. The number of hydrogen-bond acceptors (Lipinski definition) is 5. The molecule has 7 heteroatoms. The van der Waals surface area contributed by atoms with Gasteiger partial charge in [-0.1, -0.05) is 18.1 Å².